The van der Waals surface area contributed by atoms with Gasteiger partial charge in [0.25, 0.3) is 0 Å². The van der Waals surface area contributed by atoms with Crippen molar-refractivity contribution in [1.29, 1.82) is 0 Å². The Bertz CT molecular complexity index is 991. The van der Waals surface area contributed by atoms with Crippen molar-refractivity contribution in [1.82, 2.24) is 15.4 Å². The Morgan fingerprint density at radius 1 is 1.14 bits per heavy atom. The summed E-state index contributed by atoms with van der Waals surface area (Å²) in [5.74, 6) is 0.518. The van der Waals surface area contributed by atoms with Gasteiger partial charge in [0.1, 0.15) is 28.8 Å². The molecule has 1 aromatic heterocycles. The molecule has 0 saturated heterocycles. The predicted molar refractivity (Wildman–Crippen MR) is 105 cm³/mol. The van der Waals surface area contributed by atoms with E-state index in [2.05, 4.69) is 15.4 Å². The molecule has 0 spiro atoms. The lowest BCUT2D eigenvalue weighted by molar-refractivity contribution is 0.0520. The van der Waals surface area contributed by atoms with Crippen LogP contribution in [0.4, 0.5) is 0 Å². The Balaban J connectivity index is 1.90. The van der Waals surface area contributed by atoms with Gasteiger partial charge in [-0.25, -0.2) is 4.79 Å². The van der Waals surface area contributed by atoms with Crippen LogP contribution in [0, 0.1) is 0 Å². The van der Waals surface area contributed by atoms with Crippen molar-refractivity contribution in [2.45, 2.75) is 13.5 Å². The molecular formula is C19H17Cl2N3O4. The zero-order valence-corrected chi connectivity index (χ0v) is 16.7. The first-order chi connectivity index (χ1) is 13.5. The van der Waals surface area contributed by atoms with Gasteiger partial charge in [-0.1, -0.05) is 29.3 Å². The van der Waals surface area contributed by atoms with E-state index >= 15 is 0 Å². The van der Waals surface area contributed by atoms with Gasteiger partial charge in [0, 0.05) is 11.1 Å². The Kier molecular flexibility index (Phi) is 6.38. The molecule has 3 rings (SSSR count). The van der Waals surface area contributed by atoms with E-state index in [9.17, 15) is 4.79 Å². The molecule has 0 aliphatic rings. The summed E-state index contributed by atoms with van der Waals surface area (Å²) in [4.78, 5) is 12.1. The molecule has 1 heterocycles. The zero-order valence-electron chi connectivity index (χ0n) is 15.2. The maximum atomic E-state index is 12.1. The van der Waals surface area contributed by atoms with Gasteiger partial charge < -0.3 is 14.2 Å². The SMILES string of the molecule is CCOC(=O)c1n[nH]nc1-c1ccc(OC)c(COc2cccc(Cl)c2Cl)c1. The van der Waals surface area contributed by atoms with E-state index in [4.69, 9.17) is 37.4 Å². The van der Waals surface area contributed by atoms with Crippen LogP contribution in [-0.2, 0) is 11.3 Å². The van der Waals surface area contributed by atoms with Crippen LogP contribution in [0.1, 0.15) is 23.0 Å². The number of carbonyl (C=O) groups excluding carboxylic acids is 1. The first-order valence-electron chi connectivity index (χ1n) is 8.37. The predicted octanol–water partition coefficient (Wildman–Crippen LogP) is 4.54. The Morgan fingerprint density at radius 2 is 1.96 bits per heavy atom. The topological polar surface area (TPSA) is 86.3 Å². The van der Waals surface area contributed by atoms with Crippen LogP contribution >= 0.6 is 23.2 Å². The van der Waals surface area contributed by atoms with Crippen molar-refractivity contribution in [2.75, 3.05) is 13.7 Å². The molecule has 0 saturated carbocycles. The lowest BCUT2D eigenvalue weighted by Crippen LogP contribution is -2.07. The minimum absolute atomic E-state index is 0.108. The standard InChI is InChI=1S/C19H17Cl2N3O4/c1-3-27-19(25)18-17(22-24-23-18)11-7-8-14(26-2)12(9-11)10-28-15-6-4-5-13(20)16(15)21/h4-9H,3,10H2,1-2H3,(H,22,23,24). The lowest BCUT2D eigenvalue weighted by atomic mass is 10.1. The number of aromatic amines is 1. The third-order valence-electron chi connectivity index (χ3n) is 3.87. The maximum Gasteiger partial charge on any atom is 0.361 e. The fourth-order valence-corrected chi connectivity index (χ4v) is 2.91. The quantitative estimate of drug-likeness (QED) is 0.563. The van der Waals surface area contributed by atoms with Gasteiger partial charge in [0.15, 0.2) is 5.69 Å². The molecule has 0 radical (unpaired) electrons. The van der Waals surface area contributed by atoms with Gasteiger partial charge >= 0.3 is 5.97 Å². The summed E-state index contributed by atoms with van der Waals surface area (Å²) < 4.78 is 16.2. The van der Waals surface area contributed by atoms with E-state index in [-0.39, 0.29) is 18.9 Å². The number of rotatable bonds is 7. The van der Waals surface area contributed by atoms with Crippen LogP contribution in [0.25, 0.3) is 11.3 Å². The third kappa shape index (κ3) is 4.21. The fraction of sp³-hybridized carbons (Fsp3) is 0.211. The molecule has 28 heavy (non-hydrogen) atoms. The molecule has 7 nitrogen and oxygen atoms in total. The van der Waals surface area contributed by atoms with Crippen molar-refractivity contribution < 1.29 is 19.0 Å². The summed E-state index contributed by atoms with van der Waals surface area (Å²) >= 11 is 12.2. The molecule has 0 unspecified atom stereocenters. The number of ether oxygens (including phenoxy) is 3. The van der Waals surface area contributed by atoms with E-state index in [1.54, 1.807) is 50.4 Å². The van der Waals surface area contributed by atoms with Crippen LogP contribution in [-0.4, -0.2) is 35.1 Å². The molecule has 0 amide bonds. The summed E-state index contributed by atoms with van der Waals surface area (Å²) in [7, 11) is 1.56. The number of esters is 1. The number of nitrogens with zero attached hydrogens (tertiary/aromatic N) is 2. The Labute approximate surface area is 171 Å². The zero-order chi connectivity index (χ0) is 20.1. The van der Waals surface area contributed by atoms with Crippen LogP contribution < -0.4 is 9.47 Å². The highest BCUT2D eigenvalue weighted by Crippen LogP contribution is 2.33. The highest BCUT2D eigenvalue weighted by Gasteiger charge is 2.20. The number of hydrogen-bond donors (Lipinski definition) is 1. The van der Waals surface area contributed by atoms with Gasteiger partial charge in [-0.3, -0.25) is 0 Å². The number of methoxy groups -OCH3 is 1. The Hall–Kier alpha value is -2.77. The fourth-order valence-electron chi connectivity index (χ4n) is 2.56. The number of nitrogens with one attached hydrogen (secondary N) is 1. The van der Waals surface area contributed by atoms with Crippen molar-refractivity contribution in [3.63, 3.8) is 0 Å². The van der Waals surface area contributed by atoms with Crippen LogP contribution in [0.5, 0.6) is 11.5 Å². The molecule has 146 valence electrons. The van der Waals surface area contributed by atoms with Crippen LogP contribution in [0.3, 0.4) is 0 Å². The number of halogens is 2. The highest BCUT2D eigenvalue weighted by molar-refractivity contribution is 6.42. The second kappa shape index (κ2) is 8.95. The van der Waals surface area contributed by atoms with Gasteiger partial charge in [0.2, 0.25) is 0 Å². The van der Waals surface area contributed by atoms with Crippen molar-refractivity contribution in [3.05, 3.63) is 57.7 Å². The number of aromatic nitrogens is 3. The second-order valence-electron chi connectivity index (χ2n) is 5.61. The van der Waals surface area contributed by atoms with E-state index in [0.717, 1.165) is 5.56 Å². The molecule has 0 aliphatic carbocycles. The Morgan fingerprint density at radius 3 is 2.71 bits per heavy atom. The monoisotopic (exact) mass is 421 g/mol. The average Bonchev–Trinajstić information content (AvgIpc) is 3.19. The van der Waals surface area contributed by atoms with Gasteiger partial charge in [-0.05, 0) is 37.3 Å². The molecule has 0 aliphatic heterocycles. The molecule has 9 heteroatoms. The number of benzene rings is 2. The van der Waals surface area contributed by atoms with E-state index < -0.39 is 5.97 Å². The largest absolute Gasteiger partial charge is 0.496 e. The van der Waals surface area contributed by atoms with Crippen molar-refractivity contribution >= 4 is 29.2 Å². The van der Waals surface area contributed by atoms with E-state index in [1.165, 1.54) is 0 Å². The molecule has 1 N–H and O–H groups in total. The maximum absolute atomic E-state index is 12.1. The molecule has 0 atom stereocenters. The van der Waals surface area contributed by atoms with E-state index in [0.29, 0.717) is 32.8 Å². The van der Waals surface area contributed by atoms with Gasteiger partial charge in [-0.15, -0.1) is 5.10 Å². The van der Waals surface area contributed by atoms with Gasteiger partial charge in [0.05, 0.1) is 18.7 Å². The minimum atomic E-state index is -0.550. The van der Waals surface area contributed by atoms with E-state index in [1.807, 2.05) is 0 Å². The van der Waals surface area contributed by atoms with Crippen LogP contribution in [0.2, 0.25) is 10.0 Å². The number of H-pyrrole nitrogens is 1. The minimum Gasteiger partial charge on any atom is -0.496 e. The summed E-state index contributed by atoms with van der Waals surface area (Å²) in [5, 5.41) is 11.2. The van der Waals surface area contributed by atoms with Crippen LogP contribution in [0.15, 0.2) is 36.4 Å². The molecular weight excluding hydrogens is 405 g/mol. The normalized spacial score (nSPS) is 10.6. The summed E-state index contributed by atoms with van der Waals surface area (Å²) in [6.07, 6.45) is 0. The smallest absolute Gasteiger partial charge is 0.361 e. The number of carbonyl (C=O) groups is 1. The first-order valence-corrected chi connectivity index (χ1v) is 9.12. The lowest BCUT2D eigenvalue weighted by Gasteiger charge is -2.13. The van der Waals surface area contributed by atoms with Crippen molar-refractivity contribution in [2.24, 2.45) is 0 Å². The molecule has 0 fully saturated rings. The summed E-state index contributed by atoms with van der Waals surface area (Å²) in [6, 6.07) is 10.5. The van der Waals surface area contributed by atoms with Crippen molar-refractivity contribution in [3.8, 4) is 22.8 Å². The molecule has 2 aromatic carbocycles. The summed E-state index contributed by atoms with van der Waals surface area (Å²) in [6.45, 7) is 2.14. The molecule has 0 bridgehead atoms. The molecule has 3 aromatic rings. The first kappa shape index (κ1) is 20.0. The second-order valence-corrected chi connectivity index (χ2v) is 6.39. The van der Waals surface area contributed by atoms with Gasteiger partial charge in [-0.2, -0.15) is 10.3 Å². The highest BCUT2D eigenvalue weighted by atomic mass is 35.5. The summed E-state index contributed by atoms with van der Waals surface area (Å²) in [5.41, 5.74) is 1.88. The average molecular weight is 422 g/mol. The third-order valence-corrected chi connectivity index (χ3v) is 4.67. The number of hydrogen-bond acceptors (Lipinski definition) is 6.